The second-order valence-electron chi connectivity index (χ2n) is 3.30. The second-order valence-corrected chi connectivity index (χ2v) is 3.30. The average molecular weight is 196 g/mol. The molecule has 76 valence electrons. The first-order chi connectivity index (χ1) is 6.63. The van der Waals surface area contributed by atoms with Gasteiger partial charge in [-0.25, -0.2) is 4.39 Å². The summed E-state index contributed by atoms with van der Waals surface area (Å²) in [6, 6.07) is 4.56. The van der Waals surface area contributed by atoms with Crippen LogP contribution in [0.3, 0.4) is 0 Å². The predicted molar refractivity (Wildman–Crippen MR) is 51.9 cm³/mol. The van der Waals surface area contributed by atoms with E-state index in [4.69, 9.17) is 4.74 Å². The molecule has 0 radical (unpaired) electrons. The minimum absolute atomic E-state index is 0.0542. The smallest absolute Gasteiger partial charge is 0.165 e. The van der Waals surface area contributed by atoms with Gasteiger partial charge < -0.3 is 9.53 Å². The fraction of sp³-hybridized carbons (Fsp3) is 0.364. The van der Waals surface area contributed by atoms with Crippen molar-refractivity contribution in [3.05, 3.63) is 29.6 Å². The van der Waals surface area contributed by atoms with Crippen LogP contribution in [0.1, 0.15) is 19.4 Å². The van der Waals surface area contributed by atoms with Gasteiger partial charge in [-0.15, -0.1) is 0 Å². The molecule has 0 aliphatic carbocycles. The zero-order valence-corrected chi connectivity index (χ0v) is 8.29. The summed E-state index contributed by atoms with van der Waals surface area (Å²) in [4.78, 5) is 10.2. The van der Waals surface area contributed by atoms with Gasteiger partial charge >= 0.3 is 0 Å². The molecule has 0 spiro atoms. The minimum atomic E-state index is -0.418. The lowest BCUT2D eigenvalue weighted by Crippen LogP contribution is -2.07. The molecule has 3 heteroatoms. The number of rotatable bonds is 4. The first-order valence-electron chi connectivity index (χ1n) is 4.52. The lowest BCUT2D eigenvalue weighted by Gasteiger charge is -2.10. The van der Waals surface area contributed by atoms with E-state index >= 15 is 0 Å². The van der Waals surface area contributed by atoms with Gasteiger partial charge in [0.15, 0.2) is 11.6 Å². The van der Waals surface area contributed by atoms with Crippen molar-refractivity contribution in [2.24, 2.45) is 0 Å². The predicted octanol–water partition coefficient (Wildman–Crippen LogP) is 2.35. The molecule has 0 aliphatic rings. The average Bonchev–Trinajstić information content (AvgIpc) is 2.10. The Balaban J connectivity index is 2.83. The van der Waals surface area contributed by atoms with E-state index in [0.29, 0.717) is 5.56 Å². The van der Waals surface area contributed by atoms with E-state index in [1.54, 1.807) is 12.1 Å². The Bertz CT molecular complexity index is 321. The van der Waals surface area contributed by atoms with Gasteiger partial charge in [0.1, 0.15) is 6.29 Å². The summed E-state index contributed by atoms with van der Waals surface area (Å²) in [6.07, 6.45) is 0.929. The standard InChI is InChI=1S/C11H13FO2/c1-8(2)14-11-4-3-9(5-6-13)7-10(11)12/h3-4,6-8H,5H2,1-2H3. The SMILES string of the molecule is CC(C)Oc1ccc(CC=O)cc1F. The molecule has 2 nitrogen and oxygen atoms in total. The first kappa shape index (κ1) is 10.7. The molecule has 1 rings (SSSR count). The summed E-state index contributed by atoms with van der Waals surface area (Å²) >= 11 is 0. The third kappa shape index (κ3) is 2.83. The highest BCUT2D eigenvalue weighted by atomic mass is 19.1. The number of ether oxygens (including phenoxy) is 1. The monoisotopic (exact) mass is 196 g/mol. The zero-order chi connectivity index (χ0) is 10.6. The van der Waals surface area contributed by atoms with Crippen LogP contribution in [0.25, 0.3) is 0 Å². The van der Waals surface area contributed by atoms with E-state index in [0.717, 1.165) is 6.29 Å². The highest BCUT2D eigenvalue weighted by molar-refractivity contribution is 5.55. The van der Waals surface area contributed by atoms with E-state index < -0.39 is 5.82 Å². The molecule has 0 aromatic heterocycles. The van der Waals surface area contributed by atoms with Crippen LogP contribution in [0.5, 0.6) is 5.75 Å². The van der Waals surface area contributed by atoms with Gasteiger partial charge in [-0.2, -0.15) is 0 Å². The lowest BCUT2D eigenvalue weighted by molar-refractivity contribution is -0.107. The highest BCUT2D eigenvalue weighted by Crippen LogP contribution is 2.19. The number of benzene rings is 1. The summed E-state index contributed by atoms with van der Waals surface area (Å²) < 4.78 is 18.5. The molecule has 0 amide bonds. The fourth-order valence-electron chi connectivity index (χ4n) is 1.12. The maximum Gasteiger partial charge on any atom is 0.165 e. The van der Waals surface area contributed by atoms with Gasteiger partial charge in [-0.05, 0) is 31.5 Å². The summed E-state index contributed by atoms with van der Waals surface area (Å²) in [6.45, 7) is 3.66. The van der Waals surface area contributed by atoms with Crippen LogP contribution in [0.2, 0.25) is 0 Å². The molecule has 0 N–H and O–H groups in total. The molecule has 14 heavy (non-hydrogen) atoms. The van der Waals surface area contributed by atoms with Gasteiger partial charge in [0, 0.05) is 6.42 Å². The lowest BCUT2D eigenvalue weighted by atomic mass is 10.1. The molecule has 0 aliphatic heterocycles. The quantitative estimate of drug-likeness (QED) is 0.691. The zero-order valence-electron chi connectivity index (χ0n) is 8.29. The Morgan fingerprint density at radius 3 is 2.71 bits per heavy atom. The third-order valence-electron chi connectivity index (χ3n) is 1.68. The Hall–Kier alpha value is -1.38. The summed E-state index contributed by atoms with van der Waals surface area (Å²) in [5.41, 5.74) is 0.661. The third-order valence-corrected chi connectivity index (χ3v) is 1.68. The maximum atomic E-state index is 13.3. The topological polar surface area (TPSA) is 26.3 Å². The van der Waals surface area contributed by atoms with Crippen molar-refractivity contribution < 1.29 is 13.9 Å². The van der Waals surface area contributed by atoms with Gasteiger partial charge in [-0.3, -0.25) is 0 Å². The maximum absolute atomic E-state index is 13.3. The van der Waals surface area contributed by atoms with Crippen molar-refractivity contribution in [3.8, 4) is 5.75 Å². The molecule has 0 saturated heterocycles. The van der Waals surface area contributed by atoms with Crippen LogP contribution in [0, 0.1) is 5.82 Å². The molecule has 0 bridgehead atoms. The van der Waals surface area contributed by atoms with Crippen LogP contribution in [0.15, 0.2) is 18.2 Å². The van der Waals surface area contributed by atoms with Crippen LogP contribution >= 0.6 is 0 Å². The van der Waals surface area contributed by atoms with Crippen molar-refractivity contribution in [1.82, 2.24) is 0 Å². The van der Waals surface area contributed by atoms with Gasteiger partial charge in [-0.1, -0.05) is 6.07 Å². The van der Waals surface area contributed by atoms with Crippen LogP contribution in [-0.4, -0.2) is 12.4 Å². The van der Waals surface area contributed by atoms with Crippen molar-refractivity contribution in [2.75, 3.05) is 0 Å². The second kappa shape index (κ2) is 4.74. The number of aldehydes is 1. The molecule has 0 unspecified atom stereocenters. The summed E-state index contributed by atoms with van der Waals surface area (Å²) in [7, 11) is 0. The van der Waals surface area contributed by atoms with Crippen molar-refractivity contribution in [2.45, 2.75) is 26.4 Å². The normalized spacial score (nSPS) is 10.3. The Morgan fingerprint density at radius 1 is 1.50 bits per heavy atom. The van der Waals surface area contributed by atoms with Gasteiger partial charge in [0.2, 0.25) is 0 Å². The minimum Gasteiger partial charge on any atom is -0.488 e. The molecule has 0 fully saturated rings. The number of hydrogen-bond acceptors (Lipinski definition) is 2. The molecule has 0 saturated carbocycles. The van der Waals surface area contributed by atoms with Crippen LogP contribution < -0.4 is 4.74 Å². The van der Waals surface area contributed by atoms with Crippen molar-refractivity contribution in [1.29, 1.82) is 0 Å². The summed E-state index contributed by atoms with van der Waals surface area (Å²) in [5, 5.41) is 0. The van der Waals surface area contributed by atoms with Crippen LogP contribution in [0.4, 0.5) is 4.39 Å². The van der Waals surface area contributed by atoms with Crippen molar-refractivity contribution in [3.63, 3.8) is 0 Å². The van der Waals surface area contributed by atoms with Crippen LogP contribution in [-0.2, 0) is 11.2 Å². The van der Waals surface area contributed by atoms with E-state index in [9.17, 15) is 9.18 Å². The molecule has 1 aromatic carbocycles. The molecular formula is C11H13FO2. The molecule has 1 aromatic rings. The number of halogens is 1. The Morgan fingerprint density at radius 2 is 2.21 bits per heavy atom. The number of hydrogen-bond donors (Lipinski definition) is 0. The Kier molecular flexibility index (Phi) is 3.63. The van der Waals surface area contributed by atoms with E-state index in [-0.39, 0.29) is 18.3 Å². The Labute approximate surface area is 82.7 Å². The van der Waals surface area contributed by atoms with Gasteiger partial charge in [0.25, 0.3) is 0 Å². The molecule has 0 atom stereocenters. The molecule has 0 heterocycles. The number of carbonyl (C=O) groups is 1. The fourth-order valence-corrected chi connectivity index (χ4v) is 1.12. The van der Waals surface area contributed by atoms with Gasteiger partial charge in [0.05, 0.1) is 6.10 Å². The largest absolute Gasteiger partial charge is 0.488 e. The van der Waals surface area contributed by atoms with E-state index in [1.807, 2.05) is 13.8 Å². The van der Waals surface area contributed by atoms with E-state index in [1.165, 1.54) is 6.07 Å². The molecular weight excluding hydrogens is 183 g/mol. The first-order valence-corrected chi connectivity index (χ1v) is 4.52. The van der Waals surface area contributed by atoms with E-state index in [2.05, 4.69) is 0 Å². The summed E-state index contributed by atoms with van der Waals surface area (Å²) in [5.74, 6) is -0.187. The highest BCUT2D eigenvalue weighted by Gasteiger charge is 2.05. The van der Waals surface area contributed by atoms with Crippen molar-refractivity contribution >= 4 is 6.29 Å². The number of carbonyl (C=O) groups excluding carboxylic acids is 1.